The fourth-order valence-electron chi connectivity index (χ4n) is 3.56. The Bertz CT molecular complexity index is 1260. The third-order valence-electron chi connectivity index (χ3n) is 5.40. The largest absolute Gasteiger partial charge is 0.493 e. The van der Waals surface area contributed by atoms with Crippen LogP contribution >= 0.6 is 0 Å². The van der Waals surface area contributed by atoms with Gasteiger partial charge in [0.05, 0.1) is 35.5 Å². The fraction of sp³-hybridized carbons (Fsp3) is 0.179. The maximum absolute atomic E-state index is 12.5. The molecule has 0 spiro atoms. The van der Waals surface area contributed by atoms with E-state index in [2.05, 4.69) is 5.32 Å². The number of benzene rings is 3. The van der Waals surface area contributed by atoms with Gasteiger partial charge in [0.1, 0.15) is 0 Å². The van der Waals surface area contributed by atoms with Gasteiger partial charge in [-0.05, 0) is 35.9 Å². The second kappa shape index (κ2) is 12.2. The normalized spacial score (nSPS) is 10.9. The Balaban J connectivity index is 1.95. The maximum atomic E-state index is 12.5. The number of nitrogens with one attached hydrogen (secondary N) is 1. The number of rotatable bonds is 11. The van der Waals surface area contributed by atoms with Gasteiger partial charge >= 0.3 is 0 Å². The Kier molecular flexibility index (Phi) is 8.83. The van der Waals surface area contributed by atoms with Crippen LogP contribution in [0.15, 0.2) is 60.8 Å². The molecule has 0 unspecified atom stereocenters. The number of anilines is 2. The Morgan fingerprint density at radius 3 is 1.97 bits per heavy atom. The smallest absolute Gasteiger partial charge is 0.203 e. The van der Waals surface area contributed by atoms with Crippen LogP contribution in [0.25, 0.3) is 12.2 Å². The number of carbonyl (C=O) groups is 1. The molecule has 36 heavy (non-hydrogen) atoms. The summed E-state index contributed by atoms with van der Waals surface area (Å²) in [5.74, 6) is 2.49. The van der Waals surface area contributed by atoms with E-state index in [1.165, 1.54) is 6.08 Å². The molecule has 3 aromatic rings. The summed E-state index contributed by atoms with van der Waals surface area (Å²) in [6, 6.07) is 14.2. The van der Waals surface area contributed by atoms with E-state index >= 15 is 0 Å². The second-order valence-corrected chi connectivity index (χ2v) is 7.52. The lowest BCUT2D eigenvalue weighted by Crippen LogP contribution is -2.01. The van der Waals surface area contributed by atoms with Gasteiger partial charge in [-0.25, -0.2) is 0 Å². The van der Waals surface area contributed by atoms with Gasteiger partial charge < -0.3 is 34.7 Å². The van der Waals surface area contributed by atoms with Crippen LogP contribution in [0.2, 0.25) is 0 Å². The van der Waals surface area contributed by atoms with Crippen LogP contribution in [0.3, 0.4) is 0 Å². The Hall–Kier alpha value is -4.59. The number of carbonyl (C=O) groups excluding carboxylic acids is 1. The standard InChI is InChI=1S/C28H30N2O6/c1-32-24-16-19(11-10-18-14-26(34-3)28(36-5)27(15-18)35-4)22(17-25(24)33-2)30-13-12-23(31)20-8-6-7-9-21(20)29/h6-17,30H,29H2,1-5H3. The molecule has 0 saturated carbocycles. The highest BCUT2D eigenvalue weighted by Crippen LogP contribution is 2.39. The van der Waals surface area contributed by atoms with Gasteiger partial charge in [-0.2, -0.15) is 0 Å². The molecule has 0 aliphatic rings. The van der Waals surface area contributed by atoms with E-state index in [0.29, 0.717) is 45.7 Å². The quantitative estimate of drug-likeness (QED) is 0.162. The third kappa shape index (κ3) is 5.90. The number of nitrogen functional groups attached to an aromatic ring is 1. The minimum Gasteiger partial charge on any atom is -0.493 e. The molecule has 0 aliphatic carbocycles. The van der Waals surface area contributed by atoms with Gasteiger partial charge in [-0.3, -0.25) is 4.79 Å². The van der Waals surface area contributed by atoms with Crippen molar-refractivity contribution in [2.75, 3.05) is 46.6 Å². The van der Waals surface area contributed by atoms with Crippen LogP contribution in [-0.2, 0) is 0 Å². The number of methoxy groups -OCH3 is 5. The lowest BCUT2D eigenvalue weighted by Gasteiger charge is -2.14. The molecule has 0 fully saturated rings. The number of ether oxygens (including phenoxy) is 5. The first-order chi connectivity index (χ1) is 17.4. The summed E-state index contributed by atoms with van der Waals surface area (Å²) in [5.41, 5.74) is 9.09. The maximum Gasteiger partial charge on any atom is 0.203 e. The van der Waals surface area contributed by atoms with Crippen molar-refractivity contribution in [3.63, 3.8) is 0 Å². The monoisotopic (exact) mass is 490 g/mol. The van der Waals surface area contributed by atoms with Crippen LogP contribution < -0.4 is 34.7 Å². The van der Waals surface area contributed by atoms with Gasteiger partial charge in [0.15, 0.2) is 28.8 Å². The molecule has 0 atom stereocenters. The van der Waals surface area contributed by atoms with E-state index in [0.717, 1.165) is 11.1 Å². The van der Waals surface area contributed by atoms with Crippen molar-refractivity contribution in [3.05, 3.63) is 77.5 Å². The van der Waals surface area contributed by atoms with E-state index in [-0.39, 0.29) is 5.78 Å². The zero-order valence-electron chi connectivity index (χ0n) is 21.0. The van der Waals surface area contributed by atoms with Gasteiger partial charge in [-0.15, -0.1) is 0 Å². The lowest BCUT2D eigenvalue weighted by atomic mass is 10.1. The molecule has 0 radical (unpaired) electrons. The van der Waals surface area contributed by atoms with Crippen molar-refractivity contribution in [2.45, 2.75) is 0 Å². The molecular weight excluding hydrogens is 460 g/mol. The molecular formula is C28H30N2O6. The number of nitrogens with two attached hydrogens (primary N) is 1. The molecule has 3 aromatic carbocycles. The highest BCUT2D eigenvalue weighted by Gasteiger charge is 2.13. The highest BCUT2D eigenvalue weighted by molar-refractivity contribution is 6.08. The van der Waals surface area contributed by atoms with E-state index in [4.69, 9.17) is 29.4 Å². The van der Waals surface area contributed by atoms with Crippen LogP contribution in [-0.4, -0.2) is 41.3 Å². The summed E-state index contributed by atoms with van der Waals surface area (Å²) in [6.07, 6.45) is 6.79. The summed E-state index contributed by atoms with van der Waals surface area (Å²) in [7, 11) is 7.82. The summed E-state index contributed by atoms with van der Waals surface area (Å²) in [4.78, 5) is 12.5. The summed E-state index contributed by atoms with van der Waals surface area (Å²) in [6.45, 7) is 0. The molecule has 8 heteroatoms. The molecule has 8 nitrogen and oxygen atoms in total. The number of hydrogen-bond acceptors (Lipinski definition) is 8. The average Bonchev–Trinajstić information content (AvgIpc) is 2.91. The van der Waals surface area contributed by atoms with E-state index < -0.39 is 0 Å². The number of allylic oxidation sites excluding steroid dienone is 1. The van der Waals surface area contributed by atoms with Crippen LogP contribution in [0.1, 0.15) is 21.5 Å². The first-order valence-electron chi connectivity index (χ1n) is 11.0. The van der Waals surface area contributed by atoms with Crippen molar-refractivity contribution < 1.29 is 28.5 Å². The van der Waals surface area contributed by atoms with Gasteiger partial charge in [0.2, 0.25) is 5.75 Å². The molecule has 3 rings (SSSR count). The highest BCUT2D eigenvalue weighted by atomic mass is 16.5. The van der Waals surface area contributed by atoms with Crippen molar-refractivity contribution in [1.29, 1.82) is 0 Å². The summed E-state index contributed by atoms with van der Waals surface area (Å²) in [5, 5.41) is 3.16. The first kappa shape index (κ1) is 26.0. The van der Waals surface area contributed by atoms with Crippen LogP contribution in [0, 0.1) is 0 Å². The van der Waals surface area contributed by atoms with Crippen molar-refractivity contribution >= 4 is 29.3 Å². The third-order valence-corrected chi connectivity index (χ3v) is 5.40. The van der Waals surface area contributed by atoms with Crippen LogP contribution in [0.4, 0.5) is 11.4 Å². The molecule has 0 amide bonds. The minimum atomic E-state index is -0.212. The molecule has 3 N–H and O–H groups in total. The van der Waals surface area contributed by atoms with Crippen LogP contribution in [0.5, 0.6) is 28.7 Å². The number of ketones is 1. The molecule has 0 heterocycles. The molecule has 0 saturated heterocycles. The van der Waals surface area contributed by atoms with E-state index in [1.54, 1.807) is 72.1 Å². The SMILES string of the molecule is COc1cc(C=Cc2cc(OC)c(OC)c(OC)c2)c(NC=CC(=O)c2ccccc2N)cc1OC. The number of para-hydroxylation sites is 1. The zero-order valence-corrected chi connectivity index (χ0v) is 21.0. The van der Waals surface area contributed by atoms with Crippen molar-refractivity contribution in [2.24, 2.45) is 0 Å². The Morgan fingerprint density at radius 1 is 0.778 bits per heavy atom. The topological polar surface area (TPSA) is 101 Å². The molecule has 0 bridgehead atoms. The Labute approximate surface area is 210 Å². The van der Waals surface area contributed by atoms with E-state index in [9.17, 15) is 4.79 Å². The molecule has 0 aromatic heterocycles. The second-order valence-electron chi connectivity index (χ2n) is 7.52. The lowest BCUT2D eigenvalue weighted by molar-refractivity contribution is 0.104. The van der Waals surface area contributed by atoms with Crippen molar-refractivity contribution in [1.82, 2.24) is 0 Å². The van der Waals surface area contributed by atoms with Crippen molar-refractivity contribution in [3.8, 4) is 28.7 Å². The zero-order chi connectivity index (χ0) is 26.1. The number of hydrogen-bond donors (Lipinski definition) is 2. The minimum absolute atomic E-state index is 0.212. The van der Waals surface area contributed by atoms with Gasteiger partial charge in [0.25, 0.3) is 0 Å². The summed E-state index contributed by atoms with van der Waals surface area (Å²) >= 11 is 0. The fourth-order valence-corrected chi connectivity index (χ4v) is 3.56. The van der Waals surface area contributed by atoms with E-state index in [1.807, 2.05) is 30.4 Å². The average molecular weight is 491 g/mol. The molecule has 188 valence electrons. The van der Waals surface area contributed by atoms with Gasteiger partial charge in [-0.1, -0.05) is 24.3 Å². The summed E-state index contributed by atoms with van der Waals surface area (Å²) < 4.78 is 27.2. The predicted molar refractivity (Wildman–Crippen MR) is 143 cm³/mol. The Morgan fingerprint density at radius 2 is 1.39 bits per heavy atom. The first-order valence-corrected chi connectivity index (χ1v) is 11.0. The molecule has 0 aliphatic heterocycles. The van der Waals surface area contributed by atoms with Gasteiger partial charge in [0, 0.05) is 40.8 Å². The predicted octanol–water partition coefficient (Wildman–Crippen LogP) is 5.29.